The number of hydrogen-bond donors (Lipinski definition) is 4. The van der Waals surface area contributed by atoms with E-state index in [4.69, 9.17) is 15.2 Å². The van der Waals surface area contributed by atoms with Crippen molar-refractivity contribution in [2.24, 2.45) is 5.73 Å². The number of nitrogens with one attached hydrogen (secondary N) is 3. The molecular weight excluding hydrogens is 482 g/mol. The number of aromatic amines is 1. The molecule has 4 aromatic rings. The molecule has 5 rings (SSSR count). The molecule has 1 aliphatic heterocycles. The molecule has 0 unspecified atom stereocenters. The maximum atomic E-state index is 14.2. The fourth-order valence-corrected chi connectivity index (χ4v) is 4.50. The molecule has 1 amide bonds. The number of carbonyl (C=O) groups excluding carboxylic acids is 1. The highest BCUT2D eigenvalue weighted by Crippen LogP contribution is 2.35. The van der Waals surface area contributed by atoms with E-state index >= 15 is 0 Å². The Morgan fingerprint density at radius 1 is 1.16 bits per heavy atom. The minimum Gasteiger partial charge on any atom is -0.494 e. The van der Waals surface area contributed by atoms with Crippen molar-refractivity contribution in [1.29, 1.82) is 0 Å². The number of nitrogens with zero attached hydrogens (tertiary/aromatic N) is 2. The second-order valence-electron chi connectivity index (χ2n) is 8.76. The van der Waals surface area contributed by atoms with Crippen LogP contribution in [0.5, 0.6) is 5.75 Å². The Morgan fingerprint density at radius 2 is 2.00 bits per heavy atom. The Bertz CT molecular complexity index is 1470. The molecule has 0 spiro atoms. The molecule has 0 radical (unpaired) electrons. The Balaban J connectivity index is 1.44. The molecule has 37 heavy (non-hydrogen) atoms. The molecule has 1 aliphatic rings. The first kappa shape index (κ1) is 24.3. The van der Waals surface area contributed by atoms with E-state index in [1.807, 2.05) is 24.3 Å². The fourth-order valence-electron chi connectivity index (χ4n) is 4.50. The highest BCUT2D eigenvalue weighted by Gasteiger charge is 2.21. The molecule has 3 heterocycles. The topological polar surface area (TPSA) is 118 Å². The molecule has 1 atom stereocenters. The highest BCUT2D eigenvalue weighted by atomic mass is 19.1. The number of halogens is 2. The van der Waals surface area contributed by atoms with Crippen molar-refractivity contribution in [3.8, 4) is 5.75 Å². The van der Waals surface area contributed by atoms with Gasteiger partial charge in [0.15, 0.2) is 0 Å². The largest absolute Gasteiger partial charge is 0.494 e. The molecule has 0 saturated carbocycles. The molecule has 1 fully saturated rings. The molecule has 2 aromatic carbocycles. The van der Waals surface area contributed by atoms with Gasteiger partial charge in [0.25, 0.3) is 5.91 Å². The van der Waals surface area contributed by atoms with E-state index in [1.54, 1.807) is 13.3 Å². The number of ether oxygens (including phenoxy) is 2. The predicted molar refractivity (Wildman–Crippen MR) is 138 cm³/mol. The van der Waals surface area contributed by atoms with Gasteiger partial charge in [-0.2, -0.15) is 0 Å². The van der Waals surface area contributed by atoms with Crippen molar-refractivity contribution in [3.05, 3.63) is 66.0 Å². The van der Waals surface area contributed by atoms with Gasteiger partial charge in [-0.25, -0.2) is 8.78 Å². The smallest absolute Gasteiger partial charge is 0.253 e. The van der Waals surface area contributed by atoms with Crippen LogP contribution in [0.3, 0.4) is 0 Å². The summed E-state index contributed by atoms with van der Waals surface area (Å²) in [6.45, 7) is 4.27. The lowest BCUT2D eigenvalue weighted by Gasteiger charge is -2.35. The third kappa shape index (κ3) is 4.85. The first-order valence-corrected chi connectivity index (χ1v) is 11.7. The number of H-pyrrole nitrogens is 1. The van der Waals surface area contributed by atoms with Crippen LogP contribution in [0.4, 0.5) is 37.3 Å². The standard InChI is InChI=1S/C26H26F2N6O3/c1-14-13-37-6-5-34(14)16-3-4-19(23(9-16)36-2)32-24-10-17-21(11-30-12-22(17)33-24)31-20-8-15(27)7-18(28)25(20)26(29)35/h3-4,7-12,14,31-33H,5-6,13H2,1-2H3,(H2,29,35)/t14-/m0/s1. The van der Waals surface area contributed by atoms with Crippen molar-refractivity contribution in [2.75, 3.05) is 42.4 Å². The maximum absolute atomic E-state index is 14.2. The van der Waals surface area contributed by atoms with Gasteiger partial charge in [0.2, 0.25) is 0 Å². The summed E-state index contributed by atoms with van der Waals surface area (Å²) in [7, 11) is 1.61. The molecule has 0 bridgehead atoms. The molecular formula is C26H26F2N6O3. The normalized spacial score (nSPS) is 15.6. The van der Waals surface area contributed by atoms with Gasteiger partial charge in [0.1, 0.15) is 23.2 Å². The summed E-state index contributed by atoms with van der Waals surface area (Å²) in [4.78, 5) is 21.5. The number of rotatable bonds is 7. The first-order chi connectivity index (χ1) is 17.8. The van der Waals surface area contributed by atoms with Crippen molar-refractivity contribution >= 4 is 45.4 Å². The number of methoxy groups -OCH3 is 1. The van der Waals surface area contributed by atoms with E-state index in [-0.39, 0.29) is 11.7 Å². The molecule has 192 valence electrons. The Morgan fingerprint density at radius 3 is 2.76 bits per heavy atom. The average molecular weight is 509 g/mol. The lowest BCUT2D eigenvalue weighted by atomic mass is 10.1. The van der Waals surface area contributed by atoms with Gasteiger partial charge >= 0.3 is 0 Å². The van der Waals surface area contributed by atoms with Gasteiger partial charge in [0.05, 0.1) is 60.9 Å². The third-order valence-corrected chi connectivity index (χ3v) is 6.27. The number of primary amides is 1. The van der Waals surface area contributed by atoms with Gasteiger partial charge in [-0.05, 0) is 31.2 Å². The number of nitrogens with two attached hydrogens (primary N) is 1. The number of fused-ring (bicyclic) bond motifs is 1. The summed E-state index contributed by atoms with van der Waals surface area (Å²) in [5, 5.41) is 6.89. The maximum Gasteiger partial charge on any atom is 0.253 e. The van der Waals surface area contributed by atoms with E-state index in [0.717, 1.165) is 24.0 Å². The SMILES string of the molecule is COc1cc(N2CCOC[C@@H]2C)ccc1Nc1cc2c(Nc3cc(F)cc(F)c3C(N)=O)cncc2[nH]1. The van der Waals surface area contributed by atoms with Crippen LogP contribution in [0.2, 0.25) is 0 Å². The zero-order chi connectivity index (χ0) is 26.1. The van der Waals surface area contributed by atoms with Crippen LogP contribution >= 0.6 is 0 Å². The molecule has 0 aliphatic carbocycles. The van der Waals surface area contributed by atoms with Crippen molar-refractivity contribution < 1.29 is 23.0 Å². The zero-order valence-electron chi connectivity index (χ0n) is 20.3. The summed E-state index contributed by atoms with van der Waals surface area (Å²) in [5.41, 5.74) is 7.65. The van der Waals surface area contributed by atoms with Crippen LogP contribution in [0.15, 0.2) is 48.8 Å². The van der Waals surface area contributed by atoms with Crippen molar-refractivity contribution in [3.63, 3.8) is 0 Å². The lowest BCUT2D eigenvalue weighted by molar-refractivity contribution is 0.0989. The second kappa shape index (κ2) is 9.94. The van der Waals surface area contributed by atoms with E-state index in [2.05, 4.69) is 32.4 Å². The number of hydrogen-bond acceptors (Lipinski definition) is 7. The molecule has 5 N–H and O–H groups in total. The van der Waals surface area contributed by atoms with Crippen LogP contribution in [0.1, 0.15) is 17.3 Å². The van der Waals surface area contributed by atoms with Gasteiger partial charge < -0.3 is 35.7 Å². The fraction of sp³-hybridized carbons (Fsp3) is 0.231. The zero-order valence-corrected chi connectivity index (χ0v) is 20.3. The van der Waals surface area contributed by atoms with Gasteiger partial charge in [-0.1, -0.05) is 0 Å². The number of amides is 1. The number of aromatic nitrogens is 2. The van der Waals surface area contributed by atoms with Crippen molar-refractivity contribution in [2.45, 2.75) is 13.0 Å². The Hall–Kier alpha value is -4.38. The number of anilines is 5. The van der Waals surface area contributed by atoms with Crippen LogP contribution in [0, 0.1) is 11.6 Å². The van der Waals surface area contributed by atoms with Gasteiger partial charge in [-0.15, -0.1) is 0 Å². The van der Waals surface area contributed by atoms with Crippen LogP contribution in [-0.2, 0) is 4.74 Å². The van der Waals surface area contributed by atoms with E-state index < -0.39 is 23.1 Å². The summed E-state index contributed by atoms with van der Waals surface area (Å²) < 4.78 is 39.3. The molecule has 1 saturated heterocycles. The van der Waals surface area contributed by atoms with Crippen LogP contribution in [0.25, 0.3) is 10.9 Å². The molecule has 2 aromatic heterocycles. The number of morpholine rings is 1. The predicted octanol–water partition coefficient (Wildman–Crippen LogP) is 4.66. The molecule has 9 nitrogen and oxygen atoms in total. The lowest BCUT2D eigenvalue weighted by Crippen LogP contribution is -2.43. The van der Waals surface area contributed by atoms with Crippen LogP contribution < -0.4 is 26.0 Å². The minimum absolute atomic E-state index is 0.0930. The molecule has 11 heteroatoms. The minimum atomic E-state index is -1.05. The number of carbonyl (C=O) groups is 1. The first-order valence-electron chi connectivity index (χ1n) is 11.7. The summed E-state index contributed by atoms with van der Waals surface area (Å²) in [6.07, 6.45) is 3.11. The van der Waals surface area contributed by atoms with Crippen LogP contribution in [-0.4, -0.2) is 48.8 Å². The monoisotopic (exact) mass is 508 g/mol. The second-order valence-corrected chi connectivity index (χ2v) is 8.76. The Labute approximate surface area is 211 Å². The van der Waals surface area contributed by atoms with E-state index in [9.17, 15) is 13.6 Å². The summed E-state index contributed by atoms with van der Waals surface area (Å²) in [6, 6.07) is 9.63. The number of pyridine rings is 1. The van der Waals surface area contributed by atoms with Gasteiger partial charge in [0, 0.05) is 35.8 Å². The quantitative estimate of drug-likeness (QED) is 0.287. The summed E-state index contributed by atoms with van der Waals surface area (Å²) in [5.74, 6) is -1.61. The van der Waals surface area contributed by atoms with Gasteiger partial charge in [-0.3, -0.25) is 9.78 Å². The third-order valence-electron chi connectivity index (χ3n) is 6.27. The van der Waals surface area contributed by atoms with Crippen molar-refractivity contribution in [1.82, 2.24) is 9.97 Å². The highest BCUT2D eigenvalue weighted by molar-refractivity contribution is 6.02. The summed E-state index contributed by atoms with van der Waals surface area (Å²) >= 11 is 0. The number of benzene rings is 2. The average Bonchev–Trinajstić information content (AvgIpc) is 3.27. The Kier molecular flexibility index (Phi) is 6.53. The van der Waals surface area contributed by atoms with E-state index in [0.29, 0.717) is 47.4 Å². The van der Waals surface area contributed by atoms with E-state index in [1.165, 1.54) is 6.20 Å².